The largest absolute Gasteiger partial charge is 0.302 e. The molecule has 6 nitrogen and oxygen atoms in total. The van der Waals surface area contributed by atoms with Crippen LogP contribution in [0, 0.1) is 29.5 Å². The molecule has 5 atom stereocenters. The summed E-state index contributed by atoms with van der Waals surface area (Å²) in [6.45, 7) is 0. The van der Waals surface area contributed by atoms with Crippen LogP contribution in [0.15, 0.2) is 72.1 Å². The van der Waals surface area contributed by atoms with Crippen molar-refractivity contribution in [1.29, 1.82) is 0 Å². The number of carbonyl (C=O) groups is 3. The number of rotatable bonds is 6. The van der Waals surface area contributed by atoms with Crippen molar-refractivity contribution in [2.75, 3.05) is 5.32 Å². The smallest absolute Gasteiger partial charge is 0.234 e. The van der Waals surface area contributed by atoms with Gasteiger partial charge in [-0.15, -0.1) is 11.3 Å². The maximum absolute atomic E-state index is 13.6. The molecule has 3 amide bonds. The van der Waals surface area contributed by atoms with E-state index in [4.69, 9.17) is 0 Å². The van der Waals surface area contributed by atoms with Crippen LogP contribution in [-0.4, -0.2) is 27.6 Å². The summed E-state index contributed by atoms with van der Waals surface area (Å²) in [5.74, 6) is -1.86. The number of halogens is 1. The maximum Gasteiger partial charge on any atom is 0.234 e. The van der Waals surface area contributed by atoms with Gasteiger partial charge >= 0.3 is 0 Å². The second-order valence-corrected chi connectivity index (χ2v) is 10.1. The van der Waals surface area contributed by atoms with Crippen molar-refractivity contribution in [3.63, 3.8) is 0 Å². The topological polar surface area (TPSA) is 79.4 Å². The molecule has 1 saturated carbocycles. The van der Waals surface area contributed by atoms with Crippen molar-refractivity contribution in [1.82, 2.24) is 9.88 Å². The fraction of sp³-hybridized carbons (Fsp3) is 0.259. The second-order valence-electron chi connectivity index (χ2n) is 9.27. The lowest BCUT2D eigenvalue weighted by Gasteiger charge is -2.28. The molecule has 2 heterocycles. The summed E-state index contributed by atoms with van der Waals surface area (Å²) in [7, 11) is 0. The zero-order valence-corrected chi connectivity index (χ0v) is 19.5. The summed E-state index contributed by atoms with van der Waals surface area (Å²) < 4.78 is 13.6. The van der Waals surface area contributed by atoms with Crippen LogP contribution in [0.1, 0.15) is 24.4 Å². The van der Waals surface area contributed by atoms with E-state index < -0.39 is 11.9 Å². The van der Waals surface area contributed by atoms with Gasteiger partial charge in [-0.3, -0.25) is 19.3 Å². The summed E-state index contributed by atoms with van der Waals surface area (Å²) in [5.41, 5.74) is 2.24. The van der Waals surface area contributed by atoms with Gasteiger partial charge in [-0.2, -0.15) is 0 Å². The Morgan fingerprint density at radius 2 is 1.69 bits per heavy atom. The Bertz CT molecular complexity index is 1310. The number of nitrogens with zero attached hydrogens (tertiary/aromatic N) is 2. The molecule has 1 aromatic heterocycles. The van der Waals surface area contributed by atoms with Crippen molar-refractivity contribution in [3.8, 4) is 11.3 Å². The SMILES string of the molecule is O=C(CC(c1ccc(F)cc1)N1C(=O)C2C3C=CC(C3)C2C1=O)Nc1nc(-c2ccccc2)cs1. The lowest BCUT2D eigenvalue weighted by Crippen LogP contribution is -2.38. The minimum absolute atomic E-state index is 0.0703. The zero-order chi connectivity index (χ0) is 24.1. The van der Waals surface area contributed by atoms with Crippen LogP contribution in [0.3, 0.4) is 0 Å². The van der Waals surface area contributed by atoms with Crippen LogP contribution in [-0.2, 0) is 14.4 Å². The van der Waals surface area contributed by atoms with Gasteiger partial charge in [0.1, 0.15) is 5.82 Å². The van der Waals surface area contributed by atoms with E-state index in [-0.39, 0.29) is 47.8 Å². The molecule has 176 valence electrons. The summed E-state index contributed by atoms with van der Waals surface area (Å²) in [6.07, 6.45) is 4.77. The van der Waals surface area contributed by atoms with Gasteiger partial charge in [0.25, 0.3) is 0 Å². The Morgan fingerprint density at radius 1 is 1.03 bits per heavy atom. The van der Waals surface area contributed by atoms with E-state index in [1.807, 2.05) is 47.9 Å². The number of benzene rings is 2. The first-order chi connectivity index (χ1) is 17.0. The molecule has 0 radical (unpaired) electrons. The van der Waals surface area contributed by atoms with E-state index in [1.165, 1.54) is 40.5 Å². The highest BCUT2D eigenvalue weighted by atomic mass is 32.1. The monoisotopic (exact) mass is 487 g/mol. The summed E-state index contributed by atoms with van der Waals surface area (Å²) in [4.78, 5) is 45.7. The number of anilines is 1. The van der Waals surface area contributed by atoms with Crippen LogP contribution >= 0.6 is 11.3 Å². The molecular formula is C27H22FN3O3S. The number of aromatic nitrogens is 1. The zero-order valence-electron chi connectivity index (χ0n) is 18.6. The number of amides is 3. The molecule has 1 N–H and O–H groups in total. The van der Waals surface area contributed by atoms with E-state index in [0.29, 0.717) is 10.7 Å². The van der Waals surface area contributed by atoms with E-state index in [1.54, 1.807) is 0 Å². The first kappa shape index (κ1) is 21.9. The van der Waals surface area contributed by atoms with Gasteiger partial charge in [-0.1, -0.05) is 54.6 Å². The molecule has 6 rings (SSSR count). The number of thiazole rings is 1. The number of allylic oxidation sites excluding steroid dienone is 2. The Labute approximate surface area is 205 Å². The van der Waals surface area contributed by atoms with Crippen molar-refractivity contribution >= 4 is 34.2 Å². The molecule has 2 bridgehead atoms. The fourth-order valence-electron chi connectivity index (χ4n) is 5.69. The second kappa shape index (κ2) is 8.53. The van der Waals surface area contributed by atoms with Crippen molar-refractivity contribution < 1.29 is 18.8 Å². The average molecular weight is 488 g/mol. The number of imide groups is 1. The van der Waals surface area contributed by atoms with Gasteiger partial charge in [0.05, 0.1) is 30.0 Å². The molecular weight excluding hydrogens is 465 g/mol. The summed E-state index contributed by atoms with van der Waals surface area (Å²) in [6, 6.07) is 14.5. The standard InChI is InChI=1S/C27H22FN3O3S/c28-19-10-8-16(9-11-19)21(31-25(33)23-17-6-7-18(12-17)24(23)26(31)34)13-22(32)30-27-29-20(14-35-27)15-4-2-1-3-5-15/h1-11,14,17-18,21,23-24H,12-13H2,(H,29,30,32). The summed E-state index contributed by atoms with van der Waals surface area (Å²) >= 11 is 1.30. The van der Waals surface area contributed by atoms with Crippen LogP contribution < -0.4 is 5.32 Å². The molecule has 2 aliphatic carbocycles. The number of hydrogen-bond donors (Lipinski definition) is 1. The van der Waals surface area contributed by atoms with Crippen LogP contribution in [0.4, 0.5) is 9.52 Å². The predicted molar refractivity (Wildman–Crippen MR) is 130 cm³/mol. The highest BCUT2D eigenvalue weighted by Crippen LogP contribution is 2.54. The molecule has 5 unspecified atom stereocenters. The predicted octanol–water partition coefficient (Wildman–Crippen LogP) is 4.83. The minimum Gasteiger partial charge on any atom is -0.302 e. The minimum atomic E-state index is -0.811. The lowest BCUT2D eigenvalue weighted by atomic mass is 9.85. The Hall–Kier alpha value is -3.65. The first-order valence-electron chi connectivity index (χ1n) is 11.6. The molecule has 8 heteroatoms. The van der Waals surface area contributed by atoms with Crippen LogP contribution in [0.25, 0.3) is 11.3 Å². The quantitative estimate of drug-likeness (QED) is 0.399. The van der Waals surface area contributed by atoms with Crippen molar-refractivity contribution in [2.24, 2.45) is 23.7 Å². The number of nitrogens with one attached hydrogen (secondary N) is 1. The fourth-order valence-corrected chi connectivity index (χ4v) is 6.43. The molecule has 2 aromatic carbocycles. The molecule has 3 aromatic rings. The van der Waals surface area contributed by atoms with Crippen LogP contribution in [0.2, 0.25) is 0 Å². The highest BCUT2D eigenvalue weighted by molar-refractivity contribution is 7.14. The number of carbonyl (C=O) groups excluding carboxylic acids is 3. The third-order valence-electron chi connectivity index (χ3n) is 7.27. The van der Waals surface area contributed by atoms with Crippen molar-refractivity contribution in [2.45, 2.75) is 18.9 Å². The van der Waals surface area contributed by atoms with E-state index in [0.717, 1.165) is 17.7 Å². The first-order valence-corrected chi connectivity index (χ1v) is 12.5. The summed E-state index contributed by atoms with van der Waals surface area (Å²) in [5, 5.41) is 5.11. The Balaban J connectivity index is 1.25. The highest BCUT2D eigenvalue weighted by Gasteiger charge is 2.60. The van der Waals surface area contributed by atoms with Gasteiger partial charge in [0.2, 0.25) is 17.7 Å². The molecule has 2 fully saturated rings. The van der Waals surface area contributed by atoms with E-state index in [2.05, 4.69) is 10.3 Å². The van der Waals surface area contributed by atoms with Gasteiger partial charge in [-0.25, -0.2) is 9.37 Å². The van der Waals surface area contributed by atoms with Crippen LogP contribution in [0.5, 0.6) is 0 Å². The third kappa shape index (κ3) is 3.78. The van der Waals surface area contributed by atoms with E-state index >= 15 is 0 Å². The third-order valence-corrected chi connectivity index (χ3v) is 8.03. The van der Waals surface area contributed by atoms with Crippen molar-refractivity contribution in [3.05, 3.63) is 83.5 Å². The Morgan fingerprint density at radius 3 is 2.34 bits per heavy atom. The number of likely N-dealkylation sites (tertiary alicyclic amines) is 1. The molecule has 1 saturated heterocycles. The van der Waals surface area contributed by atoms with Gasteiger partial charge in [0.15, 0.2) is 5.13 Å². The Kier molecular flexibility index (Phi) is 5.33. The molecule has 0 spiro atoms. The molecule has 1 aliphatic heterocycles. The molecule has 3 aliphatic rings. The van der Waals surface area contributed by atoms with Gasteiger partial charge < -0.3 is 5.32 Å². The van der Waals surface area contributed by atoms with Gasteiger partial charge in [0, 0.05) is 10.9 Å². The lowest BCUT2D eigenvalue weighted by molar-refractivity contribution is -0.144. The number of hydrogen-bond acceptors (Lipinski definition) is 5. The number of fused-ring (bicyclic) bond motifs is 5. The maximum atomic E-state index is 13.6. The molecule has 35 heavy (non-hydrogen) atoms. The average Bonchev–Trinajstić information content (AvgIpc) is 3.64. The van der Waals surface area contributed by atoms with E-state index in [9.17, 15) is 18.8 Å². The van der Waals surface area contributed by atoms with Gasteiger partial charge in [-0.05, 0) is 36.0 Å². The normalized spacial score (nSPS) is 25.2.